The van der Waals surface area contributed by atoms with E-state index in [2.05, 4.69) is 5.32 Å². The van der Waals surface area contributed by atoms with Crippen molar-refractivity contribution in [2.45, 2.75) is 25.4 Å². The van der Waals surface area contributed by atoms with Gasteiger partial charge in [-0.25, -0.2) is 4.39 Å². The quantitative estimate of drug-likeness (QED) is 0.834. The van der Waals surface area contributed by atoms with Gasteiger partial charge in [-0.3, -0.25) is 0 Å². The van der Waals surface area contributed by atoms with Crippen LogP contribution in [0.4, 0.5) is 4.39 Å². The molecule has 0 aromatic heterocycles. The van der Waals surface area contributed by atoms with Crippen molar-refractivity contribution in [2.75, 3.05) is 26.9 Å². The summed E-state index contributed by atoms with van der Waals surface area (Å²) in [5.74, 6) is 1.50. The lowest BCUT2D eigenvalue weighted by atomic mass is 9.94. The Bertz CT molecular complexity index is 690. The molecular weight excluding hydrogens is 321 g/mol. The van der Waals surface area contributed by atoms with E-state index in [1.54, 1.807) is 7.11 Å². The lowest BCUT2D eigenvalue weighted by molar-refractivity contribution is 0.187. The molecule has 0 amide bonds. The maximum atomic E-state index is 13.1. The van der Waals surface area contributed by atoms with Gasteiger partial charge in [0.1, 0.15) is 5.82 Å². The van der Waals surface area contributed by atoms with Gasteiger partial charge in [-0.2, -0.15) is 0 Å². The van der Waals surface area contributed by atoms with Crippen LogP contribution in [0.1, 0.15) is 24.0 Å². The van der Waals surface area contributed by atoms with Crippen LogP contribution in [0.5, 0.6) is 11.5 Å². The summed E-state index contributed by atoms with van der Waals surface area (Å²) < 4.78 is 29.7. The van der Waals surface area contributed by atoms with Gasteiger partial charge in [0.15, 0.2) is 11.5 Å². The first-order valence-corrected chi connectivity index (χ1v) is 8.57. The molecule has 0 aliphatic carbocycles. The minimum absolute atomic E-state index is 0.197. The average Bonchev–Trinajstić information content (AvgIpc) is 3.10. The third-order valence-corrected chi connectivity index (χ3v) is 4.47. The van der Waals surface area contributed by atoms with Crippen molar-refractivity contribution < 1.29 is 18.6 Å². The van der Waals surface area contributed by atoms with E-state index in [4.69, 9.17) is 14.2 Å². The van der Waals surface area contributed by atoms with Crippen molar-refractivity contribution in [1.82, 2.24) is 5.32 Å². The zero-order chi connectivity index (χ0) is 17.6. The van der Waals surface area contributed by atoms with Crippen molar-refractivity contribution in [3.05, 3.63) is 59.4 Å². The number of rotatable bonds is 7. The second-order valence-corrected chi connectivity index (χ2v) is 6.10. The molecule has 1 aliphatic heterocycles. The van der Waals surface area contributed by atoms with Crippen molar-refractivity contribution in [3.63, 3.8) is 0 Å². The smallest absolute Gasteiger partial charge is 0.161 e. The van der Waals surface area contributed by atoms with Gasteiger partial charge in [-0.05, 0) is 42.3 Å². The fourth-order valence-corrected chi connectivity index (χ4v) is 3.14. The third-order valence-electron chi connectivity index (χ3n) is 4.47. The molecule has 1 saturated heterocycles. The summed E-state index contributed by atoms with van der Waals surface area (Å²) in [5, 5.41) is 3.55. The lowest BCUT2D eigenvalue weighted by Crippen LogP contribution is -2.33. The minimum Gasteiger partial charge on any atom is -0.493 e. The molecule has 0 radical (unpaired) electrons. The highest BCUT2D eigenvalue weighted by atomic mass is 19.1. The Hall–Kier alpha value is -2.11. The fourth-order valence-electron chi connectivity index (χ4n) is 3.14. The Balaban J connectivity index is 1.65. The molecule has 3 rings (SSSR count). The summed E-state index contributed by atoms with van der Waals surface area (Å²) in [6, 6.07) is 12.8. The zero-order valence-corrected chi connectivity index (χ0v) is 14.6. The summed E-state index contributed by atoms with van der Waals surface area (Å²) in [6.07, 6.45) is 0. The molecule has 25 heavy (non-hydrogen) atoms. The number of methoxy groups -OCH3 is 1. The van der Waals surface area contributed by atoms with Crippen LogP contribution in [0, 0.1) is 5.82 Å². The molecule has 0 unspecified atom stereocenters. The monoisotopic (exact) mass is 345 g/mol. The fraction of sp³-hybridized carbons (Fsp3) is 0.400. The highest BCUT2D eigenvalue weighted by molar-refractivity contribution is 5.43. The molecule has 0 bridgehead atoms. The van der Waals surface area contributed by atoms with Crippen molar-refractivity contribution in [1.29, 1.82) is 0 Å². The van der Waals surface area contributed by atoms with Gasteiger partial charge in [0.2, 0.25) is 0 Å². The Morgan fingerprint density at radius 3 is 2.64 bits per heavy atom. The summed E-state index contributed by atoms with van der Waals surface area (Å²) in [6.45, 7) is 4.55. The molecule has 2 atom stereocenters. The molecule has 134 valence electrons. The highest BCUT2D eigenvalue weighted by Gasteiger charge is 2.29. The first kappa shape index (κ1) is 17.7. The standard InChI is InChI=1S/C20H24FNO3/c1-3-25-19-9-4-14(10-20(19)23-2)11-22-18-13-24-12-17(18)15-5-7-16(21)8-6-15/h4-10,17-18,22H,3,11-13H2,1-2H3/t17-,18+/m0/s1. The number of hydrogen-bond acceptors (Lipinski definition) is 4. The minimum atomic E-state index is -0.214. The largest absolute Gasteiger partial charge is 0.493 e. The third kappa shape index (κ3) is 4.30. The maximum absolute atomic E-state index is 13.1. The van der Waals surface area contributed by atoms with E-state index in [0.29, 0.717) is 26.4 Å². The molecule has 1 aliphatic rings. The molecule has 2 aromatic carbocycles. The molecular formula is C20H24FNO3. The molecule has 1 heterocycles. The SMILES string of the molecule is CCOc1ccc(CN[C@@H]2COC[C@H]2c2ccc(F)cc2)cc1OC. The molecule has 2 aromatic rings. The predicted molar refractivity (Wildman–Crippen MR) is 94.8 cm³/mol. The first-order chi connectivity index (χ1) is 12.2. The Morgan fingerprint density at radius 1 is 1.12 bits per heavy atom. The van der Waals surface area contributed by atoms with Gasteiger partial charge < -0.3 is 19.5 Å². The van der Waals surface area contributed by atoms with Gasteiger partial charge in [-0.15, -0.1) is 0 Å². The van der Waals surface area contributed by atoms with E-state index in [1.807, 2.05) is 37.3 Å². The lowest BCUT2D eigenvalue weighted by Gasteiger charge is -2.20. The van der Waals surface area contributed by atoms with Crippen molar-refractivity contribution >= 4 is 0 Å². The number of hydrogen-bond donors (Lipinski definition) is 1. The first-order valence-electron chi connectivity index (χ1n) is 8.57. The molecule has 1 N–H and O–H groups in total. The van der Waals surface area contributed by atoms with Gasteiger partial charge >= 0.3 is 0 Å². The second-order valence-electron chi connectivity index (χ2n) is 6.10. The molecule has 4 nitrogen and oxygen atoms in total. The summed E-state index contributed by atoms with van der Waals surface area (Å²) in [5.41, 5.74) is 2.21. The Labute approximate surface area is 147 Å². The van der Waals surface area contributed by atoms with Crippen LogP contribution in [0.2, 0.25) is 0 Å². The molecule has 0 spiro atoms. The van der Waals surface area contributed by atoms with Crippen LogP contribution in [0.3, 0.4) is 0 Å². The van der Waals surface area contributed by atoms with Crippen LogP contribution in [-0.4, -0.2) is 33.0 Å². The second kappa shape index (κ2) is 8.32. The molecule has 5 heteroatoms. The Kier molecular flexibility index (Phi) is 5.89. The van der Waals surface area contributed by atoms with Crippen LogP contribution in [-0.2, 0) is 11.3 Å². The molecule has 0 saturated carbocycles. The van der Waals surface area contributed by atoms with Crippen LogP contribution < -0.4 is 14.8 Å². The van der Waals surface area contributed by atoms with Crippen molar-refractivity contribution in [2.24, 2.45) is 0 Å². The van der Waals surface area contributed by atoms with E-state index in [9.17, 15) is 4.39 Å². The molecule has 1 fully saturated rings. The summed E-state index contributed by atoms with van der Waals surface area (Å²) in [7, 11) is 1.64. The van der Waals surface area contributed by atoms with E-state index in [0.717, 1.165) is 22.6 Å². The number of halogens is 1. The summed E-state index contributed by atoms with van der Waals surface area (Å²) in [4.78, 5) is 0. The van der Waals surface area contributed by atoms with Gasteiger partial charge in [0.05, 0.1) is 26.9 Å². The number of ether oxygens (including phenoxy) is 3. The predicted octanol–water partition coefficient (Wildman–Crippen LogP) is 3.51. The topological polar surface area (TPSA) is 39.7 Å². The number of benzene rings is 2. The van der Waals surface area contributed by atoms with Gasteiger partial charge in [0, 0.05) is 18.5 Å². The maximum Gasteiger partial charge on any atom is 0.161 e. The number of nitrogens with one attached hydrogen (secondary N) is 1. The normalized spacial score (nSPS) is 19.8. The summed E-state index contributed by atoms with van der Waals surface area (Å²) >= 11 is 0. The van der Waals surface area contributed by atoms with Gasteiger partial charge in [0.25, 0.3) is 0 Å². The van der Waals surface area contributed by atoms with Gasteiger partial charge in [-0.1, -0.05) is 18.2 Å². The van der Waals surface area contributed by atoms with E-state index in [-0.39, 0.29) is 17.8 Å². The van der Waals surface area contributed by atoms with Crippen molar-refractivity contribution in [3.8, 4) is 11.5 Å². The Morgan fingerprint density at radius 2 is 1.92 bits per heavy atom. The highest BCUT2D eigenvalue weighted by Crippen LogP contribution is 2.29. The van der Waals surface area contributed by atoms with E-state index in [1.165, 1.54) is 12.1 Å². The van der Waals surface area contributed by atoms with Crippen LogP contribution >= 0.6 is 0 Å². The van der Waals surface area contributed by atoms with E-state index < -0.39 is 0 Å². The average molecular weight is 345 g/mol. The van der Waals surface area contributed by atoms with Crippen LogP contribution in [0.15, 0.2) is 42.5 Å². The zero-order valence-electron chi connectivity index (χ0n) is 14.6. The van der Waals surface area contributed by atoms with E-state index >= 15 is 0 Å². The van der Waals surface area contributed by atoms with Crippen LogP contribution in [0.25, 0.3) is 0 Å².